The standard InChI is InChI=1S/C22H46O4S.K/c1-3-5-7-13-17-21(23)18-14-11-9-10-12-16-20-22(27(24,25)26)19-15-8-6-4-2;/h21-23H,3-20H2,1-2H3,(H,24,25,26);/q;+1/p-1. The van der Waals surface area contributed by atoms with E-state index in [1.807, 2.05) is 0 Å². The molecular formula is C22H45KO4S. The maximum atomic E-state index is 11.4. The summed E-state index contributed by atoms with van der Waals surface area (Å²) in [4.78, 5) is 0. The topological polar surface area (TPSA) is 77.4 Å². The molecule has 2 atom stereocenters. The molecule has 0 saturated heterocycles. The minimum absolute atomic E-state index is 0. The summed E-state index contributed by atoms with van der Waals surface area (Å²) < 4.78 is 34.2. The van der Waals surface area contributed by atoms with Gasteiger partial charge in [-0.15, -0.1) is 0 Å². The molecule has 0 heterocycles. The second kappa shape index (κ2) is 21.7. The first-order valence-corrected chi connectivity index (χ1v) is 13.0. The molecule has 2 unspecified atom stereocenters. The first-order valence-electron chi connectivity index (χ1n) is 11.5. The van der Waals surface area contributed by atoms with E-state index < -0.39 is 15.4 Å². The van der Waals surface area contributed by atoms with Crippen molar-refractivity contribution in [3.8, 4) is 0 Å². The van der Waals surface area contributed by atoms with Gasteiger partial charge in [0, 0.05) is 5.25 Å². The Kier molecular flexibility index (Phi) is 24.6. The monoisotopic (exact) mass is 444 g/mol. The quantitative estimate of drug-likeness (QED) is 0.177. The third-order valence-corrected chi connectivity index (χ3v) is 6.78. The Balaban J connectivity index is 0. The molecule has 0 saturated carbocycles. The van der Waals surface area contributed by atoms with Gasteiger partial charge in [0.05, 0.1) is 16.2 Å². The number of aliphatic hydroxyl groups excluding tert-OH is 1. The maximum Gasteiger partial charge on any atom is 1.00 e. The zero-order valence-electron chi connectivity index (χ0n) is 19.0. The number of rotatable bonds is 20. The van der Waals surface area contributed by atoms with Crippen molar-refractivity contribution in [1.82, 2.24) is 0 Å². The summed E-state index contributed by atoms with van der Waals surface area (Å²) in [5.41, 5.74) is 0. The molecule has 0 fully saturated rings. The van der Waals surface area contributed by atoms with Crippen LogP contribution in [-0.2, 0) is 10.1 Å². The Morgan fingerprint density at radius 3 is 1.32 bits per heavy atom. The molecule has 0 rings (SSSR count). The van der Waals surface area contributed by atoms with Gasteiger partial charge in [0.15, 0.2) is 0 Å². The van der Waals surface area contributed by atoms with Crippen molar-refractivity contribution in [1.29, 1.82) is 0 Å². The minimum atomic E-state index is -4.15. The molecule has 0 aromatic rings. The summed E-state index contributed by atoms with van der Waals surface area (Å²) in [6, 6.07) is 0. The second-order valence-corrected chi connectivity index (χ2v) is 9.82. The van der Waals surface area contributed by atoms with E-state index in [9.17, 15) is 18.1 Å². The van der Waals surface area contributed by atoms with Gasteiger partial charge < -0.3 is 9.66 Å². The third kappa shape index (κ3) is 20.8. The fraction of sp³-hybridized carbons (Fsp3) is 1.00. The zero-order chi connectivity index (χ0) is 20.4. The Hall–Kier alpha value is 1.51. The average molecular weight is 445 g/mol. The maximum absolute atomic E-state index is 11.4. The molecule has 6 heteroatoms. The van der Waals surface area contributed by atoms with E-state index >= 15 is 0 Å². The molecular weight excluding hydrogens is 399 g/mol. The molecule has 0 amide bonds. The molecule has 0 aliphatic heterocycles. The predicted octanol–water partition coefficient (Wildman–Crippen LogP) is 3.33. The van der Waals surface area contributed by atoms with Crippen LogP contribution in [-0.4, -0.2) is 29.4 Å². The van der Waals surface area contributed by atoms with Crippen LogP contribution >= 0.6 is 0 Å². The van der Waals surface area contributed by atoms with Gasteiger partial charge in [-0.05, 0) is 25.7 Å². The summed E-state index contributed by atoms with van der Waals surface area (Å²) in [6.45, 7) is 4.32. The molecule has 0 bridgehead atoms. The van der Waals surface area contributed by atoms with Crippen LogP contribution in [0.1, 0.15) is 129 Å². The van der Waals surface area contributed by atoms with Crippen molar-refractivity contribution < 1.29 is 69.5 Å². The smallest absolute Gasteiger partial charge is 0.748 e. The van der Waals surface area contributed by atoms with Gasteiger partial charge in [0.2, 0.25) is 0 Å². The summed E-state index contributed by atoms with van der Waals surface area (Å²) >= 11 is 0. The molecule has 0 aliphatic carbocycles. The average Bonchev–Trinajstić information content (AvgIpc) is 2.61. The van der Waals surface area contributed by atoms with E-state index in [2.05, 4.69) is 13.8 Å². The van der Waals surface area contributed by atoms with Crippen molar-refractivity contribution in [2.75, 3.05) is 0 Å². The van der Waals surface area contributed by atoms with E-state index in [4.69, 9.17) is 0 Å². The fourth-order valence-corrected chi connectivity index (χ4v) is 4.55. The first kappa shape index (κ1) is 31.7. The molecule has 0 spiro atoms. The van der Waals surface area contributed by atoms with Crippen LogP contribution in [0.5, 0.6) is 0 Å². The van der Waals surface area contributed by atoms with Crippen molar-refractivity contribution in [3.63, 3.8) is 0 Å². The van der Waals surface area contributed by atoms with Crippen LogP contribution in [0, 0.1) is 0 Å². The van der Waals surface area contributed by atoms with Crippen molar-refractivity contribution in [2.45, 2.75) is 141 Å². The Morgan fingerprint density at radius 1 is 0.643 bits per heavy atom. The van der Waals surface area contributed by atoms with Gasteiger partial charge in [-0.2, -0.15) is 0 Å². The van der Waals surface area contributed by atoms with E-state index in [-0.39, 0.29) is 57.5 Å². The molecule has 0 aromatic carbocycles. The molecule has 0 aromatic heterocycles. The number of hydrogen-bond donors (Lipinski definition) is 1. The van der Waals surface area contributed by atoms with Crippen LogP contribution in [0.2, 0.25) is 0 Å². The Labute approximate surface area is 218 Å². The summed E-state index contributed by atoms with van der Waals surface area (Å²) in [5.74, 6) is 0. The largest absolute Gasteiger partial charge is 1.00 e. The van der Waals surface area contributed by atoms with Crippen molar-refractivity contribution in [2.24, 2.45) is 0 Å². The van der Waals surface area contributed by atoms with E-state index in [0.717, 1.165) is 83.5 Å². The third-order valence-electron chi connectivity index (χ3n) is 5.49. The molecule has 164 valence electrons. The molecule has 0 aliphatic rings. The van der Waals surface area contributed by atoms with Crippen LogP contribution < -0.4 is 51.4 Å². The van der Waals surface area contributed by atoms with Gasteiger partial charge in [-0.3, -0.25) is 0 Å². The zero-order valence-corrected chi connectivity index (χ0v) is 22.9. The van der Waals surface area contributed by atoms with Crippen LogP contribution in [0.4, 0.5) is 0 Å². The van der Waals surface area contributed by atoms with Crippen LogP contribution in [0.15, 0.2) is 0 Å². The van der Waals surface area contributed by atoms with E-state index in [1.54, 1.807) is 0 Å². The van der Waals surface area contributed by atoms with Gasteiger partial charge in [0.25, 0.3) is 0 Å². The Morgan fingerprint density at radius 2 is 0.964 bits per heavy atom. The molecule has 28 heavy (non-hydrogen) atoms. The molecule has 4 nitrogen and oxygen atoms in total. The number of aliphatic hydroxyl groups is 1. The van der Waals surface area contributed by atoms with E-state index in [1.165, 1.54) is 19.3 Å². The molecule has 0 radical (unpaired) electrons. The second-order valence-electron chi connectivity index (χ2n) is 8.17. The van der Waals surface area contributed by atoms with Crippen LogP contribution in [0.25, 0.3) is 0 Å². The van der Waals surface area contributed by atoms with Gasteiger partial charge in [-0.1, -0.05) is 104 Å². The van der Waals surface area contributed by atoms with E-state index in [0.29, 0.717) is 12.8 Å². The fourth-order valence-electron chi connectivity index (χ4n) is 3.64. The van der Waals surface area contributed by atoms with Crippen molar-refractivity contribution >= 4 is 10.1 Å². The summed E-state index contributed by atoms with van der Waals surface area (Å²) in [7, 11) is -4.15. The summed E-state index contributed by atoms with van der Waals surface area (Å²) in [6.07, 6.45) is 18.0. The van der Waals surface area contributed by atoms with Gasteiger partial charge in [0.1, 0.15) is 0 Å². The van der Waals surface area contributed by atoms with Gasteiger partial charge in [-0.25, -0.2) is 8.42 Å². The van der Waals surface area contributed by atoms with Crippen molar-refractivity contribution in [3.05, 3.63) is 0 Å². The van der Waals surface area contributed by atoms with Gasteiger partial charge >= 0.3 is 51.4 Å². The predicted molar refractivity (Wildman–Crippen MR) is 114 cm³/mol. The molecule has 1 N–H and O–H groups in total. The Bertz CT molecular complexity index is 415. The number of hydrogen-bond acceptors (Lipinski definition) is 4. The number of unbranched alkanes of at least 4 members (excludes halogenated alkanes) is 11. The summed E-state index contributed by atoms with van der Waals surface area (Å²) in [5, 5.41) is 9.26. The minimum Gasteiger partial charge on any atom is -0.748 e. The normalized spacial score (nSPS) is 13.9. The first-order chi connectivity index (χ1) is 12.9. The van der Waals surface area contributed by atoms with Crippen LogP contribution in [0.3, 0.4) is 0 Å². The SMILES string of the molecule is CCCCCCC(O)CCCCCCCCC(CCCCCC)S(=O)(=O)[O-].[K+].